The first-order chi connectivity index (χ1) is 11.1. The minimum absolute atomic E-state index is 0.0637. The summed E-state index contributed by atoms with van der Waals surface area (Å²) in [6.45, 7) is 1.34. The van der Waals surface area contributed by atoms with Gasteiger partial charge < -0.3 is 4.74 Å². The number of pyridine rings is 1. The van der Waals surface area contributed by atoms with Gasteiger partial charge in [-0.25, -0.2) is 9.78 Å². The fourth-order valence-corrected chi connectivity index (χ4v) is 3.10. The lowest BCUT2D eigenvalue weighted by Gasteiger charge is -2.26. The van der Waals surface area contributed by atoms with Crippen LogP contribution in [0, 0.1) is 0 Å². The van der Waals surface area contributed by atoms with Gasteiger partial charge in [-0.15, -0.1) is 0 Å². The standard InChI is InChI=1S/C17H16ClN3O2/c1-20-16-15(21(17(20)22)10-14-5-6-23-14)8-12(9-19-16)11-3-2-4-13(18)7-11/h2-4,7-9,14H,5-6,10H2,1H3. The van der Waals surface area contributed by atoms with E-state index < -0.39 is 0 Å². The number of aromatic nitrogens is 3. The van der Waals surface area contributed by atoms with Crippen LogP contribution in [0.2, 0.25) is 5.02 Å². The summed E-state index contributed by atoms with van der Waals surface area (Å²) < 4.78 is 8.80. The molecule has 1 aromatic carbocycles. The molecule has 0 spiro atoms. The second-order valence-corrected chi connectivity index (χ2v) is 6.25. The van der Waals surface area contributed by atoms with E-state index in [0.29, 0.717) is 17.2 Å². The van der Waals surface area contributed by atoms with E-state index >= 15 is 0 Å². The van der Waals surface area contributed by atoms with Crippen LogP contribution in [0.25, 0.3) is 22.3 Å². The van der Waals surface area contributed by atoms with Gasteiger partial charge >= 0.3 is 5.69 Å². The molecule has 1 saturated heterocycles. The molecule has 3 aromatic rings. The zero-order valence-electron chi connectivity index (χ0n) is 12.7. The molecule has 1 fully saturated rings. The normalized spacial score (nSPS) is 17.4. The number of aryl methyl sites for hydroxylation is 1. The van der Waals surface area contributed by atoms with Crippen LogP contribution in [0.5, 0.6) is 0 Å². The second-order valence-electron chi connectivity index (χ2n) is 5.81. The van der Waals surface area contributed by atoms with Gasteiger partial charge in [-0.1, -0.05) is 23.7 Å². The first-order valence-electron chi connectivity index (χ1n) is 7.56. The molecule has 2 aromatic heterocycles. The van der Waals surface area contributed by atoms with Crippen molar-refractivity contribution in [3.8, 4) is 11.1 Å². The first kappa shape index (κ1) is 14.5. The van der Waals surface area contributed by atoms with Crippen LogP contribution in [-0.2, 0) is 18.3 Å². The van der Waals surface area contributed by atoms with Gasteiger partial charge in [-0.3, -0.25) is 9.13 Å². The van der Waals surface area contributed by atoms with Crippen molar-refractivity contribution in [1.29, 1.82) is 0 Å². The fraction of sp³-hybridized carbons (Fsp3) is 0.294. The lowest BCUT2D eigenvalue weighted by Crippen LogP contribution is -2.35. The number of imidazole rings is 1. The Morgan fingerprint density at radius 1 is 1.35 bits per heavy atom. The number of fused-ring (bicyclic) bond motifs is 1. The van der Waals surface area contributed by atoms with Crippen molar-refractivity contribution in [2.75, 3.05) is 6.61 Å². The van der Waals surface area contributed by atoms with Crippen molar-refractivity contribution < 1.29 is 4.74 Å². The minimum Gasteiger partial charge on any atom is -0.376 e. The summed E-state index contributed by atoms with van der Waals surface area (Å²) in [7, 11) is 1.74. The van der Waals surface area contributed by atoms with E-state index in [1.807, 2.05) is 30.3 Å². The smallest absolute Gasteiger partial charge is 0.330 e. The Labute approximate surface area is 138 Å². The summed E-state index contributed by atoms with van der Waals surface area (Å²) in [6, 6.07) is 9.61. The highest BCUT2D eigenvalue weighted by Gasteiger charge is 2.22. The maximum absolute atomic E-state index is 12.5. The molecule has 5 nitrogen and oxygen atoms in total. The highest BCUT2D eigenvalue weighted by atomic mass is 35.5. The fourth-order valence-electron chi connectivity index (χ4n) is 2.91. The molecule has 0 aliphatic carbocycles. The lowest BCUT2D eigenvalue weighted by atomic mass is 10.1. The third kappa shape index (κ3) is 2.46. The predicted molar refractivity (Wildman–Crippen MR) is 89.8 cm³/mol. The molecule has 3 heterocycles. The average Bonchev–Trinajstić information content (AvgIpc) is 2.74. The van der Waals surface area contributed by atoms with E-state index in [9.17, 15) is 4.79 Å². The van der Waals surface area contributed by atoms with Gasteiger partial charge in [-0.05, 0) is 30.2 Å². The van der Waals surface area contributed by atoms with Crippen LogP contribution in [0.3, 0.4) is 0 Å². The molecule has 4 rings (SSSR count). The Morgan fingerprint density at radius 2 is 2.17 bits per heavy atom. The number of halogens is 1. The van der Waals surface area contributed by atoms with Crippen molar-refractivity contribution in [2.24, 2.45) is 7.05 Å². The Balaban J connectivity index is 1.86. The summed E-state index contributed by atoms with van der Waals surface area (Å²) in [4.78, 5) is 17.0. The van der Waals surface area contributed by atoms with E-state index in [2.05, 4.69) is 4.98 Å². The van der Waals surface area contributed by atoms with Crippen LogP contribution < -0.4 is 5.69 Å². The van der Waals surface area contributed by atoms with Crippen molar-refractivity contribution in [3.63, 3.8) is 0 Å². The van der Waals surface area contributed by atoms with Crippen molar-refractivity contribution in [2.45, 2.75) is 19.1 Å². The molecule has 1 aliphatic rings. The van der Waals surface area contributed by atoms with Crippen LogP contribution in [0.4, 0.5) is 0 Å². The number of ether oxygens (including phenoxy) is 1. The van der Waals surface area contributed by atoms with Crippen molar-refractivity contribution in [3.05, 3.63) is 52.0 Å². The summed E-state index contributed by atoms with van der Waals surface area (Å²) in [5, 5.41) is 0.677. The molecule has 23 heavy (non-hydrogen) atoms. The molecule has 1 aliphatic heterocycles. The van der Waals surface area contributed by atoms with E-state index in [-0.39, 0.29) is 11.8 Å². The Kier molecular flexibility index (Phi) is 3.47. The number of benzene rings is 1. The van der Waals surface area contributed by atoms with Crippen LogP contribution in [0.15, 0.2) is 41.3 Å². The summed E-state index contributed by atoms with van der Waals surface area (Å²) in [5.74, 6) is 0. The van der Waals surface area contributed by atoms with E-state index in [0.717, 1.165) is 29.7 Å². The van der Waals surface area contributed by atoms with Gasteiger partial charge in [0.1, 0.15) is 0 Å². The van der Waals surface area contributed by atoms with Gasteiger partial charge in [-0.2, -0.15) is 0 Å². The first-order valence-corrected chi connectivity index (χ1v) is 7.94. The Bertz CT molecular complexity index is 941. The predicted octanol–water partition coefficient (Wildman–Crippen LogP) is 2.84. The highest BCUT2D eigenvalue weighted by molar-refractivity contribution is 6.30. The summed E-state index contributed by atoms with van der Waals surface area (Å²) >= 11 is 6.07. The van der Waals surface area contributed by atoms with Gasteiger partial charge in [0.15, 0.2) is 5.65 Å². The van der Waals surface area contributed by atoms with Crippen molar-refractivity contribution >= 4 is 22.8 Å². The molecular weight excluding hydrogens is 314 g/mol. The molecule has 0 saturated carbocycles. The molecule has 0 amide bonds. The van der Waals surface area contributed by atoms with Gasteiger partial charge in [0.2, 0.25) is 0 Å². The van der Waals surface area contributed by atoms with Gasteiger partial charge in [0, 0.05) is 30.4 Å². The molecule has 0 radical (unpaired) electrons. The number of hydrogen-bond acceptors (Lipinski definition) is 3. The minimum atomic E-state index is -0.0637. The molecule has 0 N–H and O–H groups in total. The van der Waals surface area contributed by atoms with Crippen LogP contribution >= 0.6 is 11.6 Å². The third-order valence-electron chi connectivity index (χ3n) is 4.31. The largest absolute Gasteiger partial charge is 0.376 e. The van der Waals surface area contributed by atoms with E-state index in [1.54, 1.807) is 22.4 Å². The zero-order chi connectivity index (χ0) is 16.0. The monoisotopic (exact) mass is 329 g/mol. The molecule has 0 bridgehead atoms. The highest BCUT2D eigenvalue weighted by Crippen LogP contribution is 2.25. The summed E-state index contributed by atoms with van der Waals surface area (Å²) in [6.07, 6.45) is 2.88. The van der Waals surface area contributed by atoms with Crippen LogP contribution in [-0.4, -0.2) is 26.8 Å². The SMILES string of the molecule is Cn1c(=O)n(CC2CCO2)c2cc(-c3cccc(Cl)c3)cnc21. The maximum Gasteiger partial charge on any atom is 0.330 e. The molecule has 6 heteroatoms. The maximum atomic E-state index is 12.5. The van der Waals surface area contributed by atoms with E-state index in [4.69, 9.17) is 16.3 Å². The number of rotatable bonds is 3. The summed E-state index contributed by atoms with van der Waals surface area (Å²) in [5.41, 5.74) is 3.36. The Morgan fingerprint density at radius 3 is 2.87 bits per heavy atom. The quantitative estimate of drug-likeness (QED) is 0.742. The number of nitrogens with zero attached hydrogens (tertiary/aromatic N) is 3. The number of hydrogen-bond donors (Lipinski definition) is 0. The molecule has 1 atom stereocenters. The molecule has 1 unspecified atom stereocenters. The van der Waals surface area contributed by atoms with E-state index in [1.165, 1.54) is 0 Å². The lowest BCUT2D eigenvalue weighted by molar-refractivity contribution is -0.0591. The Hall–Kier alpha value is -2.11. The molecular formula is C17H16ClN3O2. The van der Waals surface area contributed by atoms with Gasteiger partial charge in [0.05, 0.1) is 18.2 Å². The van der Waals surface area contributed by atoms with Gasteiger partial charge in [0.25, 0.3) is 0 Å². The van der Waals surface area contributed by atoms with Crippen LogP contribution in [0.1, 0.15) is 6.42 Å². The van der Waals surface area contributed by atoms with Crippen molar-refractivity contribution in [1.82, 2.24) is 14.1 Å². The average molecular weight is 330 g/mol. The molecule has 118 valence electrons. The third-order valence-corrected chi connectivity index (χ3v) is 4.55. The topological polar surface area (TPSA) is 49.0 Å². The zero-order valence-corrected chi connectivity index (χ0v) is 13.5. The second kappa shape index (κ2) is 5.51.